The normalized spacial score (nSPS) is 18.4. The van der Waals surface area contributed by atoms with Gasteiger partial charge >= 0.3 is 0 Å². The summed E-state index contributed by atoms with van der Waals surface area (Å²) in [5, 5.41) is 0. The zero-order chi connectivity index (χ0) is 8.39. The molecular weight excluding hydrogens is 155 g/mol. The third kappa shape index (κ3) is 1.33. The smallest absolute Gasteiger partial charge is 0.126 e. The summed E-state index contributed by atoms with van der Waals surface area (Å²) in [4.78, 5) is 0. The van der Waals surface area contributed by atoms with Gasteiger partial charge in [0.05, 0.1) is 0 Å². The highest BCUT2D eigenvalue weighted by Gasteiger charge is 2.18. The van der Waals surface area contributed by atoms with Gasteiger partial charge in [-0.1, -0.05) is 18.2 Å². The Hall–Kier alpha value is -0.930. The largest absolute Gasteiger partial charge is 0.257 e. The average molecular weight is 166 g/mol. The summed E-state index contributed by atoms with van der Waals surface area (Å²) in [6, 6.07) is 6.94. The van der Waals surface area contributed by atoms with Gasteiger partial charge < -0.3 is 0 Å². The fraction of sp³-hybridized carbons (Fsp3) is 0.333. The van der Waals surface area contributed by atoms with E-state index in [4.69, 9.17) is 0 Å². The first-order valence-corrected chi connectivity index (χ1v) is 4.08. The summed E-state index contributed by atoms with van der Waals surface area (Å²) in [5.74, 6) is 0.166. The standard InChI is InChI=1S/C9H11FN2/c10-9-4-2-1-3-8(9)7-5-11-12-6-7/h1-4,7,11-12H,5-6H2. The van der Waals surface area contributed by atoms with Crippen LogP contribution in [0, 0.1) is 5.82 Å². The molecule has 2 rings (SSSR count). The minimum Gasteiger partial charge on any atom is -0.257 e. The van der Waals surface area contributed by atoms with Gasteiger partial charge in [0.15, 0.2) is 0 Å². The summed E-state index contributed by atoms with van der Waals surface area (Å²) >= 11 is 0. The zero-order valence-corrected chi connectivity index (χ0v) is 6.68. The van der Waals surface area contributed by atoms with Crippen LogP contribution in [0.25, 0.3) is 0 Å². The van der Waals surface area contributed by atoms with Crippen LogP contribution in [0.2, 0.25) is 0 Å². The number of benzene rings is 1. The quantitative estimate of drug-likeness (QED) is 0.650. The minimum absolute atomic E-state index is 0.104. The fourth-order valence-electron chi connectivity index (χ4n) is 1.49. The highest BCUT2D eigenvalue weighted by Crippen LogP contribution is 2.19. The molecule has 1 heterocycles. The van der Waals surface area contributed by atoms with Crippen molar-refractivity contribution in [1.82, 2.24) is 10.9 Å². The van der Waals surface area contributed by atoms with E-state index in [2.05, 4.69) is 10.9 Å². The van der Waals surface area contributed by atoms with Crippen LogP contribution in [-0.4, -0.2) is 13.1 Å². The van der Waals surface area contributed by atoms with E-state index in [1.54, 1.807) is 6.07 Å². The zero-order valence-electron chi connectivity index (χ0n) is 6.68. The lowest BCUT2D eigenvalue weighted by atomic mass is 10.00. The second-order valence-corrected chi connectivity index (χ2v) is 2.98. The number of hydrazine groups is 1. The third-order valence-electron chi connectivity index (χ3n) is 2.17. The van der Waals surface area contributed by atoms with Crippen molar-refractivity contribution in [2.45, 2.75) is 5.92 Å². The van der Waals surface area contributed by atoms with Crippen LogP contribution in [0.15, 0.2) is 24.3 Å². The van der Waals surface area contributed by atoms with Crippen molar-refractivity contribution in [3.05, 3.63) is 35.6 Å². The molecule has 3 heteroatoms. The molecule has 2 nitrogen and oxygen atoms in total. The van der Waals surface area contributed by atoms with Gasteiger partial charge in [-0.05, 0) is 11.6 Å². The van der Waals surface area contributed by atoms with E-state index in [-0.39, 0.29) is 11.7 Å². The molecule has 0 amide bonds. The maximum absolute atomic E-state index is 13.2. The maximum Gasteiger partial charge on any atom is 0.126 e. The molecule has 0 atom stereocenters. The molecule has 1 aliphatic rings. The summed E-state index contributed by atoms with van der Waals surface area (Å²) < 4.78 is 13.2. The van der Waals surface area contributed by atoms with Crippen LogP contribution < -0.4 is 10.9 Å². The first-order chi connectivity index (χ1) is 5.88. The van der Waals surface area contributed by atoms with Gasteiger partial charge in [0.2, 0.25) is 0 Å². The summed E-state index contributed by atoms with van der Waals surface area (Å²) in [6.45, 7) is 1.61. The van der Waals surface area contributed by atoms with E-state index in [0.29, 0.717) is 0 Å². The highest BCUT2D eigenvalue weighted by molar-refractivity contribution is 5.23. The van der Waals surface area contributed by atoms with E-state index in [9.17, 15) is 4.39 Å². The molecule has 1 aromatic carbocycles. The second-order valence-electron chi connectivity index (χ2n) is 2.98. The molecule has 0 radical (unpaired) electrons. The summed E-state index contributed by atoms with van der Waals surface area (Å²) in [6.07, 6.45) is 0. The van der Waals surface area contributed by atoms with Crippen LogP contribution in [0.4, 0.5) is 4.39 Å². The van der Waals surface area contributed by atoms with E-state index in [0.717, 1.165) is 18.7 Å². The molecule has 0 bridgehead atoms. The molecule has 0 spiro atoms. The van der Waals surface area contributed by atoms with Crippen molar-refractivity contribution in [1.29, 1.82) is 0 Å². The lowest BCUT2D eigenvalue weighted by Gasteiger charge is -2.07. The lowest BCUT2D eigenvalue weighted by molar-refractivity contribution is 0.593. The topological polar surface area (TPSA) is 24.1 Å². The van der Waals surface area contributed by atoms with Gasteiger partial charge in [-0.25, -0.2) is 4.39 Å². The van der Waals surface area contributed by atoms with Crippen molar-refractivity contribution in [2.24, 2.45) is 0 Å². The molecule has 0 saturated carbocycles. The van der Waals surface area contributed by atoms with E-state index >= 15 is 0 Å². The van der Waals surface area contributed by atoms with E-state index < -0.39 is 0 Å². The van der Waals surface area contributed by atoms with Gasteiger partial charge in [0, 0.05) is 19.0 Å². The Labute approximate surface area is 70.8 Å². The predicted molar refractivity (Wildman–Crippen MR) is 45.1 cm³/mol. The van der Waals surface area contributed by atoms with Crippen LogP contribution in [-0.2, 0) is 0 Å². The van der Waals surface area contributed by atoms with Crippen LogP contribution in [0.5, 0.6) is 0 Å². The first kappa shape index (κ1) is 7.71. The fourth-order valence-corrected chi connectivity index (χ4v) is 1.49. The molecule has 1 aromatic rings. The van der Waals surface area contributed by atoms with Crippen molar-refractivity contribution < 1.29 is 4.39 Å². The minimum atomic E-state index is -0.104. The lowest BCUT2D eigenvalue weighted by Crippen LogP contribution is -2.21. The number of nitrogens with one attached hydrogen (secondary N) is 2. The SMILES string of the molecule is Fc1ccccc1C1CNNC1. The molecule has 1 aliphatic heterocycles. The Bertz CT molecular complexity index is 269. The average Bonchev–Trinajstić information content (AvgIpc) is 2.57. The molecule has 1 saturated heterocycles. The predicted octanol–water partition coefficient (Wildman–Crippen LogP) is 1.02. The molecule has 12 heavy (non-hydrogen) atoms. The Balaban J connectivity index is 2.26. The summed E-state index contributed by atoms with van der Waals surface area (Å²) in [7, 11) is 0. The van der Waals surface area contributed by atoms with Gasteiger partial charge in [-0.3, -0.25) is 10.9 Å². The van der Waals surface area contributed by atoms with Crippen molar-refractivity contribution >= 4 is 0 Å². The molecule has 0 aromatic heterocycles. The first-order valence-electron chi connectivity index (χ1n) is 4.08. The number of halogens is 1. The Kier molecular flexibility index (Phi) is 2.06. The van der Waals surface area contributed by atoms with Crippen LogP contribution in [0.3, 0.4) is 0 Å². The molecule has 0 aliphatic carbocycles. The second kappa shape index (κ2) is 3.21. The Morgan fingerprint density at radius 2 is 1.83 bits per heavy atom. The Morgan fingerprint density at radius 3 is 2.50 bits per heavy atom. The Morgan fingerprint density at radius 1 is 1.17 bits per heavy atom. The molecule has 64 valence electrons. The van der Waals surface area contributed by atoms with Crippen LogP contribution in [0.1, 0.15) is 11.5 Å². The molecule has 0 unspecified atom stereocenters. The van der Waals surface area contributed by atoms with Crippen molar-refractivity contribution in [3.8, 4) is 0 Å². The van der Waals surface area contributed by atoms with Crippen LogP contribution >= 0.6 is 0 Å². The van der Waals surface area contributed by atoms with Gasteiger partial charge in [-0.15, -0.1) is 0 Å². The maximum atomic E-state index is 13.2. The van der Waals surface area contributed by atoms with Crippen molar-refractivity contribution in [2.75, 3.05) is 13.1 Å². The number of hydrogen-bond acceptors (Lipinski definition) is 2. The molecular formula is C9H11FN2. The monoisotopic (exact) mass is 166 g/mol. The molecule has 2 N–H and O–H groups in total. The number of hydrogen-bond donors (Lipinski definition) is 2. The number of rotatable bonds is 1. The van der Waals surface area contributed by atoms with E-state index in [1.165, 1.54) is 6.07 Å². The van der Waals surface area contributed by atoms with Gasteiger partial charge in [0.25, 0.3) is 0 Å². The highest BCUT2D eigenvalue weighted by atomic mass is 19.1. The molecule has 1 fully saturated rings. The van der Waals surface area contributed by atoms with Gasteiger partial charge in [0.1, 0.15) is 5.82 Å². The van der Waals surface area contributed by atoms with Crippen molar-refractivity contribution in [3.63, 3.8) is 0 Å². The summed E-state index contributed by atoms with van der Waals surface area (Å²) in [5.41, 5.74) is 6.76. The third-order valence-corrected chi connectivity index (χ3v) is 2.17. The van der Waals surface area contributed by atoms with Gasteiger partial charge in [-0.2, -0.15) is 0 Å². The van der Waals surface area contributed by atoms with E-state index in [1.807, 2.05) is 12.1 Å².